The summed E-state index contributed by atoms with van der Waals surface area (Å²) >= 11 is 0. The Balaban J connectivity index is 0. The molecule has 0 saturated carbocycles. The standard InChI is InChI=1S/C4H4N2.C2H6.CH5N/c1-2-5-4-6-3-1;2*1-2/h1-4H;1-2H3;2H2,1H3. The lowest BCUT2D eigenvalue weighted by molar-refractivity contribution is 1.17. The topological polar surface area (TPSA) is 51.8 Å². The molecule has 0 radical (unpaired) electrons. The van der Waals surface area contributed by atoms with Gasteiger partial charge in [-0.05, 0) is 13.1 Å². The lowest BCUT2D eigenvalue weighted by Gasteiger charge is -1.70. The third-order valence-electron chi connectivity index (χ3n) is 0.478. The van der Waals surface area contributed by atoms with Gasteiger partial charge in [-0.25, -0.2) is 9.97 Å². The third kappa shape index (κ3) is 10.1. The molecule has 0 aliphatic rings. The van der Waals surface area contributed by atoms with Crippen molar-refractivity contribution in [1.29, 1.82) is 0 Å². The van der Waals surface area contributed by atoms with Crippen LogP contribution in [-0.2, 0) is 0 Å². The average Bonchev–Trinajstić information content (AvgIpc) is 2.14. The van der Waals surface area contributed by atoms with E-state index in [2.05, 4.69) is 15.7 Å². The molecule has 0 amide bonds. The van der Waals surface area contributed by atoms with Crippen molar-refractivity contribution in [2.24, 2.45) is 5.73 Å². The van der Waals surface area contributed by atoms with E-state index < -0.39 is 0 Å². The highest BCUT2D eigenvalue weighted by atomic mass is 14.8. The monoisotopic (exact) mass is 141 g/mol. The van der Waals surface area contributed by atoms with Gasteiger partial charge in [0.1, 0.15) is 6.33 Å². The van der Waals surface area contributed by atoms with E-state index in [0.29, 0.717) is 0 Å². The molecule has 0 unspecified atom stereocenters. The van der Waals surface area contributed by atoms with Gasteiger partial charge in [-0.2, -0.15) is 0 Å². The molecule has 0 aromatic carbocycles. The zero-order valence-corrected chi connectivity index (χ0v) is 6.78. The largest absolute Gasteiger partial charge is 0.333 e. The average molecular weight is 141 g/mol. The van der Waals surface area contributed by atoms with Gasteiger partial charge < -0.3 is 5.73 Å². The first-order valence-corrected chi connectivity index (χ1v) is 3.28. The van der Waals surface area contributed by atoms with E-state index >= 15 is 0 Å². The molecule has 0 atom stereocenters. The van der Waals surface area contributed by atoms with Crippen molar-refractivity contribution >= 4 is 0 Å². The second kappa shape index (κ2) is 15.7. The Morgan fingerprint density at radius 1 is 1.00 bits per heavy atom. The molecule has 0 fully saturated rings. The zero-order chi connectivity index (χ0) is 8.24. The Kier molecular flexibility index (Phi) is 18.5. The molecule has 1 heterocycles. The predicted octanol–water partition coefficient (Wildman–Crippen LogP) is 1.08. The molecule has 58 valence electrons. The number of hydrogen-bond donors (Lipinski definition) is 1. The van der Waals surface area contributed by atoms with Gasteiger partial charge in [0, 0.05) is 12.4 Å². The first-order valence-electron chi connectivity index (χ1n) is 3.28. The van der Waals surface area contributed by atoms with Crippen LogP contribution in [0.5, 0.6) is 0 Å². The van der Waals surface area contributed by atoms with Gasteiger partial charge in [0.2, 0.25) is 0 Å². The van der Waals surface area contributed by atoms with Crippen LogP contribution in [-0.4, -0.2) is 17.0 Å². The van der Waals surface area contributed by atoms with E-state index in [1.54, 1.807) is 18.5 Å². The molecule has 0 aliphatic carbocycles. The maximum Gasteiger partial charge on any atom is 0.115 e. The van der Waals surface area contributed by atoms with Crippen molar-refractivity contribution in [2.75, 3.05) is 7.05 Å². The van der Waals surface area contributed by atoms with Gasteiger partial charge in [0.15, 0.2) is 0 Å². The highest BCUT2D eigenvalue weighted by molar-refractivity contribution is 4.74. The number of aromatic nitrogens is 2. The molecular weight excluding hydrogens is 126 g/mol. The molecular formula is C7H15N3. The summed E-state index contributed by atoms with van der Waals surface area (Å²) in [6, 6.07) is 1.78. The van der Waals surface area contributed by atoms with Crippen molar-refractivity contribution in [3.8, 4) is 0 Å². The number of nitrogens with two attached hydrogens (primary N) is 1. The van der Waals surface area contributed by atoms with E-state index in [-0.39, 0.29) is 0 Å². The minimum Gasteiger partial charge on any atom is -0.333 e. The van der Waals surface area contributed by atoms with E-state index in [4.69, 9.17) is 0 Å². The molecule has 3 heteroatoms. The van der Waals surface area contributed by atoms with Crippen LogP contribution in [0.4, 0.5) is 0 Å². The minimum atomic E-state index is 1.50. The zero-order valence-electron chi connectivity index (χ0n) is 6.78. The first kappa shape index (κ1) is 11.8. The van der Waals surface area contributed by atoms with Crippen molar-refractivity contribution in [3.63, 3.8) is 0 Å². The van der Waals surface area contributed by atoms with Crippen molar-refractivity contribution in [1.82, 2.24) is 9.97 Å². The number of hydrogen-bond acceptors (Lipinski definition) is 3. The Labute approximate surface area is 62.3 Å². The van der Waals surface area contributed by atoms with Crippen LogP contribution in [0.2, 0.25) is 0 Å². The summed E-state index contributed by atoms with van der Waals surface area (Å²) in [6.45, 7) is 4.00. The van der Waals surface area contributed by atoms with Crippen LogP contribution in [0.15, 0.2) is 24.8 Å². The summed E-state index contributed by atoms with van der Waals surface area (Å²) in [4.78, 5) is 7.35. The second-order valence-electron chi connectivity index (χ2n) is 0.904. The van der Waals surface area contributed by atoms with Crippen LogP contribution in [0, 0.1) is 0 Å². The Bertz CT molecular complexity index is 80.8. The van der Waals surface area contributed by atoms with Crippen LogP contribution >= 0.6 is 0 Å². The molecule has 0 aliphatic heterocycles. The van der Waals surface area contributed by atoms with Crippen molar-refractivity contribution < 1.29 is 0 Å². The van der Waals surface area contributed by atoms with Crippen LogP contribution in [0.25, 0.3) is 0 Å². The molecule has 3 nitrogen and oxygen atoms in total. The van der Waals surface area contributed by atoms with E-state index in [9.17, 15) is 0 Å². The van der Waals surface area contributed by atoms with Gasteiger partial charge in [-0.1, -0.05) is 13.8 Å². The van der Waals surface area contributed by atoms with Crippen LogP contribution in [0.1, 0.15) is 13.8 Å². The molecule has 2 N–H and O–H groups in total. The van der Waals surface area contributed by atoms with E-state index in [0.717, 1.165) is 0 Å². The summed E-state index contributed by atoms with van der Waals surface area (Å²) in [5.41, 5.74) is 4.50. The maximum absolute atomic E-state index is 4.50. The fourth-order valence-corrected chi connectivity index (χ4v) is 0.253. The Hall–Kier alpha value is -0.960. The van der Waals surface area contributed by atoms with Gasteiger partial charge in [0.25, 0.3) is 0 Å². The first-order chi connectivity index (χ1) is 5.00. The summed E-state index contributed by atoms with van der Waals surface area (Å²) in [7, 11) is 1.50. The van der Waals surface area contributed by atoms with Gasteiger partial charge in [0.05, 0.1) is 0 Å². The molecule has 10 heavy (non-hydrogen) atoms. The molecule has 1 rings (SSSR count). The van der Waals surface area contributed by atoms with Crippen LogP contribution < -0.4 is 5.73 Å². The second-order valence-corrected chi connectivity index (χ2v) is 0.904. The SMILES string of the molecule is CC.CN.c1cncnc1. The highest BCUT2D eigenvalue weighted by Gasteiger charge is 1.59. The van der Waals surface area contributed by atoms with E-state index in [1.807, 2.05) is 13.8 Å². The Morgan fingerprint density at radius 3 is 1.50 bits per heavy atom. The third-order valence-corrected chi connectivity index (χ3v) is 0.478. The van der Waals surface area contributed by atoms with Gasteiger partial charge >= 0.3 is 0 Å². The molecule has 0 saturated heterocycles. The fraction of sp³-hybridized carbons (Fsp3) is 0.429. The highest BCUT2D eigenvalue weighted by Crippen LogP contribution is 1.66. The van der Waals surface area contributed by atoms with Crippen molar-refractivity contribution in [3.05, 3.63) is 24.8 Å². The van der Waals surface area contributed by atoms with Gasteiger partial charge in [-0.3, -0.25) is 0 Å². The molecule has 1 aromatic heterocycles. The maximum atomic E-state index is 4.50. The fourth-order valence-electron chi connectivity index (χ4n) is 0.253. The molecule has 0 bridgehead atoms. The van der Waals surface area contributed by atoms with Crippen molar-refractivity contribution in [2.45, 2.75) is 13.8 Å². The lowest BCUT2D eigenvalue weighted by atomic mass is 10.7. The normalized spacial score (nSPS) is 6.00. The summed E-state index contributed by atoms with van der Waals surface area (Å²) in [5, 5.41) is 0. The Morgan fingerprint density at radius 2 is 1.40 bits per heavy atom. The predicted molar refractivity (Wildman–Crippen MR) is 43.5 cm³/mol. The minimum absolute atomic E-state index is 1.50. The molecule has 0 spiro atoms. The number of nitrogens with zero attached hydrogens (tertiary/aromatic N) is 2. The lowest BCUT2D eigenvalue weighted by Crippen LogP contribution is -1.69. The summed E-state index contributed by atoms with van der Waals surface area (Å²) < 4.78 is 0. The molecule has 1 aromatic rings. The summed E-state index contributed by atoms with van der Waals surface area (Å²) in [5.74, 6) is 0. The smallest absolute Gasteiger partial charge is 0.115 e. The van der Waals surface area contributed by atoms with Gasteiger partial charge in [-0.15, -0.1) is 0 Å². The van der Waals surface area contributed by atoms with Crippen LogP contribution in [0.3, 0.4) is 0 Å². The quantitative estimate of drug-likeness (QED) is 0.588. The number of rotatable bonds is 0. The van der Waals surface area contributed by atoms with E-state index in [1.165, 1.54) is 13.4 Å². The summed E-state index contributed by atoms with van der Waals surface area (Å²) in [6.07, 6.45) is 4.88.